The summed E-state index contributed by atoms with van der Waals surface area (Å²) in [6.07, 6.45) is 6.87. The zero-order valence-electron chi connectivity index (χ0n) is 12.5. The van der Waals surface area contributed by atoms with Crippen molar-refractivity contribution < 1.29 is 4.79 Å². The first kappa shape index (κ1) is 15.2. The second kappa shape index (κ2) is 6.62. The minimum absolute atomic E-state index is 0.139. The first-order valence-electron chi connectivity index (χ1n) is 7.14. The molecule has 0 aliphatic carbocycles. The van der Waals surface area contributed by atoms with Crippen molar-refractivity contribution in [3.63, 3.8) is 0 Å². The van der Waals surface area contributed by atoms with E-state index in [0.717, 1.165) is 11.3 Å². The molecule has 5 nitrogen and oxygen atoms in total. The second-order valence-corrected chi connectivity index (χ2v) is 5.55. The van der Waals surface area contributed by atoms with Gasteiger partial charge in [0.25, 0.3) is 5.91 Å². The molecule has 0 fully saturated rings. The van der Waals surface area contributed by atoms with E-state index in [1.54, 1.807) is 24.7 Å². The smallest absolute Gasteiger partial charge is 0.270 e. The molecule has 1 unspecified atom stereocenters. The number of halogens is 1. The fraction of sp³-hybridized carbons (Fsp3) is 0.118. The van der Waals surface area contributed by atoms with E-state index >= 15 is 0 Å². The highest BCUT2D eigenvalue weighted by Crippen LogP contribution is 2.16. The van der Waals surface area contributed by atoms with Crippen molar-refractivity contribution in [3.05, 3.63) is 77.6 Å². The molecule has 0 aliphatic heterocycles. The van der Waals surface area contributed by atoms with Gasteiger partial charge < -0.3 is 9.88 Å². The number of amides is 1. The number of carbonyl (C=O) groups is 1. The summed E-state index contributed by atoms with van der Waals surface area (Å²) in [5.74, 6) is -0.251. The fourth-order valence-corrected chi connectivity index (χ4v) is 2.39. The minimum Gasteiger partial charge on any atom is -0.344 e. The number of nitrogens with zero attached hydrogens (tertiary/aromatic N) is 3. The number of rotatable bonds is 4. The lowest BCUT2D eigenvalue weighted by molar-refractivity contribution is 0.0935. The van der Waals surface area contributed by atoms with Gasteiger partial charge in [-0.1, -0.05) is 23.7 Å². The van der Waals surface area contributed by atoms with Gasteiger partial charge in [0.2, 0.25) is 0 Å². The normalized spacial score (nSPS) is 11.9. The molecule has 23 heavy (non-hydrogen) atoms. The number of hydrogen-bond acceptors (Lipinski definition) is 3. The molecule has 2 aromatic heterocycles. The Morgan fingerprint density at radius 1 is 1.22 bits per heavy atom. The summed E-state index contributed by atoms with van der Waals surface area (Å²) in [6.45, 7) is 1.93. The summed E-state index contributed by atoms with van der Waals surface area (Å²) in [6, 6.07) is 11.0. The number of hydrogen-bond donors (Lipinski definition) is 1. The van der Waals surface area contributed by atoms with Crippen LogP contribution in [0.3, 0.4) is 0 Å². The summed E-state index contributed by atoms with van der Waals surface area (Å²) in [5.41, 5.74) is 2.32. The van der Waals surface area contributed by atoms with Gasteiger partial charge in [-0.15, -0.1) is 0 Å². The van der Waals surface area contributed by atoms with Crippen molar-refractivity contribution in [2.45, 2.75) is 13.0 Å². The molecule has 0 radical (unpaired) electrons. The van der Waals surface area contributed by atoms with E-state index in [1.807, 2.05) is 42.0 Å². The van der Waals surface area contributed by atoms with Crippen LogP contribution in [-0.4, -0.2) is 20.4 Å². The average molecular weight is 327 g/mol. The first-order valence-corrected chi connectivity index (χ1v) is 7.52. The van der Waals surface area contributed by atoms with Crippen LogP contribution < -0.4 is 5.32 Å². The van der Waals surface area contributed by atoms with Crippen molar-refractivity contribution >= 4 is 17.5 Å². The predicted octanol–water partition coefficient (Wildman–Crippen LogP) is 3.41. The van der Waals surface area contributed by atoms with Gasteiger partial charge in [0.05, 0.1) is 12.4 Å². The zero-order chi connectivity index (χ0) is 16.2. The lowest BCUT2D eigenvalue weighted by Gasteiger charge is -2.15. The van der Waals surface area contributed by atoms with E-state index in [4.69, 9.17) is 11.6 Å². The lowest BCUT2D eigenvalue weighted by atomic mass is 10.1. The predicted molar refractivity (Wildman–Crippen MR) is 88.7 cm³/mol. The number of benzene rings is 1. The maximum atomic E-state index is 12.2. The standard InChI is InChI=1S/C17H15ClN4O/c1-12(21-17(23)16-10-14(18)6-7-20-16)13-2-4-15(5-3-13)22-9-8-19-11-22/h2-12H,1H3,(H,21,23). The van der Waals surface area contributed by atoms with Crippen molar-refractivity contribution in [2.24, 2.45) is 0 Å². The molecule has 3 rings (SSSR count). The Bertz CT molecular complexity index is 800. The molecular weight excluding hydrogens is 312 g/mol. The van der Waals surface area contributed by atoms with Gasteiger partial charge in [-0.3, -0.25) is 9.78 Å². The molecule has 1 amide bonds. The summed E-state index contributed by atoms with van der Waals surface area (Å²) < 4.78 is 1.92. The Morgan fingerprint density at radius 3 is 2.65 bits per heavy atom. The summed E-state index contributed by atoms with van der Waals surface area (Å²) in [5, 5.41) is 3.40. The Labute approximate surface area is 139 Å². The van der Waals surface area contributed by atoms with Crippen LogP contribution in [-0.2, 0) is 0 Å². The van der Waals surface area contributed by atoms with E-state index in [2.05, 4.69) is 15.3 Å². The quantitative estimate of drug-likeness (QED) is 0.799. The van der Waals surface area contributed by atoms with Crippen LogP contribution in [0.15, 0.2) is 61.3 Å². The van der Waals surface area contributed by atoms with E-state index < -0.39 is 0 Å². The molecule has 0 saturated heterocycles. The van der Waals surface area contributed by atoms with Crippen molar-refractivity contribution in [3.8, 4) is 5.69 Å². The Balaban J connectivity index is 1.70. The first-order chi connectivity index (χ1) is 11.1. The van der Waals surface area contributed by atoms with Gasteiger partial charge in [0, 0.05) is 29.3 Å². The number of aromatic nitrogens is 3. The number of imidazole rings is 1. The van der Waals surface area contributed by atoms with E-state index in [0.29, 0.717) is 10.7 Å². The van der Waals surface area contributed by atoms with Gasteiger partial charge in [-0.25, -0.2) is 4.98 Å². The Morgan fingerprint density at radius 2 is 2.00 bits per heavy atom. The van der Waals surface area contributed by atoms with Gasteiger partial charge in [0.15, 0.2) is 0 Å². The maximum absolute atomic E-state index is 12.2. The molecule has 0 saturated carbocycles. The van der Waals surface area contributed by atoms with Gasteiger partial charge in [-0.2, -0.15) is 0 Å². The van der Waals surface area contributed by atoms with Crippen LogP contribution >= 0.6 is 11.6 Å². The molecule has 116 valence electrons. The third-order valence-corrected chi connectivity index (χ3v) is 3.73. The SMILES string of the molecule is CC(NC(=O)c1cc(Cl)ccn1)c1ccc(-n2ccnc2)cc1. The topological polar surface area (TPSA) is 59.8 Å². The van der Waals surface area contributed by atoms with Crippen LogP contribution in [0.5, 0.6) is 0 Å². The number of nitrogens with one attached hydrogen (secondary N) is 1. The van der Waals surface area contributed by atoms with E-state index in [-0.39, 0.29) is 11.9 Å². The van der Waals surface area contributed by atoms with E-state index in [1.165, 1.54) is 6.20 Å². The third-order valence-electron chi connectivity index (χ3n) is 3.50. The molecule has 2 heterocycles. The highest BCUT2D eigenvalue weighted by Gasteiger charge is 2.13. The van der Waals surface area contributed by atoms with Crippen molar-refractivity contribution in [1.29, 1.82) is 0 Å². The van der Waals surface area contributed by atoms with Gasteiger partial charge in [0.1, 0.15) is 5.69 Å². The molecule has 0 spiro atoms. The van der Waals surface area contributed by atoms with Gasteiger partial charge in [-0.05, 0) is 36.8 Å². The van der Waals surface area contributed by atoms with Crippen LogP contribution in [0.1, 0.15) is 29.0 Å². The number of pyridine rings is 1. The fourth-order valence-electron chi connectivity index (χ4n) is 2.23. The second-order valence-electron chi connectivity index (χ2n) is 5.12. The molecule has 1 atom stereocenters. The average Bonchev–Trinajstić information content (AvgIpc) is 3.09. The van der Waals surface area contributed by atoms with Crippen LogP contribution in [0.4, 0.5) is 0 Å². The minimum atomic E-state index is -0.251. The largest absolute Gasteiger partial charge is 0.344 e. The molecule has 3 aromatic rings. The summed E-state index contributed by atoms with van der Waals surface area (Å²) in [4.78, 5) is 20.2. The Kier molecular flexibility index (Phi) is 4.39. The van der Waals surface area contributed by atoms with Crippen LogP contribution in [0, 0.1) is 0 Å². The number of carbonyl (C=O) groups excluding carboxylic acids is 1. The lowest BCUT2D eigenvalue weighted by Crippen LogP contribution is -2.27. The maximum Gasteiger partial charge on any atom is 0.270 e. The van der Waals surface area contributed by atoms with Crippen LogP contribution in [0.25, 0.3) is 5.69 Å². The van der Waals surface area contributed by atoms with Crippen molar-refractivity contribution in [1.82, 2.24) is 19.9 Å². The van der Waals surface area contributed by atoms with Gasteiger partial charge >= 0.3 is 0 Å². The third kappa shape index (κ3) is 3.57. The van der Waals surface area contributed by atoms with Crippen LogP contribution in [0.2, 0.25) is 5.02 Å². The molecule has 1 aromatic carbocycles. The summed E-state index contributed by atoms with van der Waals surface area (Å²) in [7, 11) is 0. The van der Waals surface area contributed by atoms with Crippen molar-refractivity contribution in [2.75, 3.05) is 0 Å². The summed E-state index contributed by atoms with van der Waals surface area (Å²) >= 11 is 5.88. The zero-order valence-corrected chi connectivity index (χ0v) is 13.2. The molecule has 0 bridgehead atoms. The molecule has 6 heteroatoms. The monoisotopic (exact) mass is 326 g/mol. The molecular formula is C17H15ClN4O. The van der Waals surface area contributed by atoms with E-state index in [9.17, 15) is 4.79 Å². The molecule has 1 N–H and O–H groups in total. The highest BCUT2D eigenvalue weighted by atomic mass is 35.5. The highest BCUT2D eigenvalue weighted by molar-refractivity contribution is 6.30. The Hall–Kier alpha value is -2.66. The molecule has 0 aliphatic rings.